The smallest absolute Gasteiger partial charge is 0.329 e. The number of carbonyl (C=O) groups excluding carboxylic acids is 3. The first-order valence-corrected chi connectivity index (χ1v) is 8.44. The highest BCUT2D eigenvalue weighted by molar-refractivity contribution is 5.98. The van der Waals surface area contributed by atoms with Gasteiger partial charge in [0.25, 0.3) is 0 Å². The SMILES string of the molecule is CCC(C)C(C(=O)OCc1ccccc1)N(C)C(=O)CC(=O)N(C)C. The molecule has 6 nitrogen and oxygen atoms in total. The molecule has 0 N–H and O–H groups in total. The highest BCUT2D eigenvalue weighted by Crippen LogP contribution is 2.17. The summed E-state index contributed by atoms with van der Waals surface area (Å²) in [6.07, 6.45) is 0.451. The van der Waals surface area contributed by atoms with Gasteiger partial charge in [0.1, 0.15) is 19.1 Å². The Balaban J connectivity index is 2.79. The largest absolute Gasteiger partial charge is 0.459 e. The van der Waals surface area contributed by atoms with Crippen molar-refractivity contribution in [2.24, 2.45) is 5.92 Å². The van der Waals surface area contributed by atoms with Crippen molar-refractivity contribution in [1.82, 2.24) is 9.80 Å². The maximum Gasteiger partial charge on any atom is 0.329 e. The molecule has 0 radical (unpaired) electrons. The number of amides is 2. The fraction of sp³-hybridized carbons (Fsp3) is 0.526. The van der Waals surface area contributed by atoms with Crippen LogP contribution in [0.3, 0.4) is 0 Å². The van der Waals surface area contributed by atoms with E-state index in [0.717, 1.165) is 5.56 Å². The molecule has 25 heavy (non-hydrogen) atoms. The predicted molar refractivity (Wildman–Crippen MR) is 95.6 cm³/mol. The van der Waals surface area contributed by atoms with E-state index in [-0.39, 0.29) is 30.8 Å². The summed E-state index contributed by atoms with van der Waals surface area (Å²) in [6.45, 7) is 4.00. The summed E-state index contributed by atoms with van der Waals surface area (Å²) < 4.78 is 5.41. The fourth-order valence-corrected chi connectivity index (χ4v) is 2.38. The second-order valence-corrected chi connectivity index (χ2v) is 6.39. The van der Waals surface area contributed by atoms with Gasteiger partial charge < -0.3 is 14.5 Å². The summed E-state index contributed by atoms with van der Waals surface area (Å²) in [5, 5.41) is 0. The molecule has 1 aromatic rings. The van der Waals surface area contributed by atoms with E-state index in [2.05, 4.69) is 0 Å². The van der Waals surface area contributed by atoms with Crippen LogP contribution in [0.25, 0.3) is 0 Å². The maximum absolute atomic E-state index is 12.6. The molecule has 0 aromatic heterocycles. The Morgan fingerprint density at radius 3 is 2.16 bits per heavy atom. The number of ether oxygens (including phenoxy) is 1. The van der Waals surface area contributed by atoms with Gasteiger partial charge in [-0.05, 0) is 11.5 Å². The van der Waals surface area contributed by atoms with Gasteiger partial charge in [-0.1, -0.05) is 50.6 Å². The third-order valence-electron chi connectivity index (χ3n) is 4.26. The van der Waals surface area contributed by atoms with Gasteiger partial charge in [-0.15, -0.1) is 0 Å². The van der Waals surface area contributed by atoms with Gasteiger partial charge in [0.05, 0.1) is 0 Å². The first-order chi connectivity index (χ1) is 11.8. The van der Waals surface area contributed by atoms with E-state index in [1.54, 1.807) is 21.1 Å². The number of hydrogen-bond acceptors (Lipinski definition) is 4. The Morgan fingerprint density at radius 2 is 1.64 bits per heavy atom. The van der Waals surface area contributed by atoms with E-state index < -0.39 is 12.0 Å². The number of benzene rings is 1. The molecule has 0 spiro atoms. The van der Waals surface area contributed by atoms with Gasteiger partial charge in [-0.2, -0.15) is 0 Å². The molecule has 2 atom stereocenters. The van der Waals surface area contributed by atoms with Crippen molar-refractivity contribution in [3.05, 3.63) is 35.9 Å². The normalized spacial score (nSPS) is 12.8. The zero-order valence-corrected chi connectivity index (χ0v) is 15.7. The fourth-order valence-electron chi connectivity index (χ4n) is 2.38. The van der Waals surface area contributed by atoms with Crippen LogP contribution in [-0.2, 0) is 25.7 Å². The lowest BCUT2D eigenvalue weighted by Crippen LogP contribution is -2.48. The van der Waals surface area contributed by atoms with Crippen LogP contribution in [0.4, 0.5) is 0 Å². The second kappa shape index (κ2) is 9.81. The number of likely N-dealkylation sites (N-methyl/N-ethyl adjacent to an activating group) is 1. The zero-order chi connectivity index (χ0) is 19.0. The van der Waals surface area contributed by atoms with Crippen LogP contribution in [-0.4, -0.2) is 54.8 Å². The van der Waals surface area contributed by atoms with Crippen molar-refractivity contribution < 1.29 is 19.1 Å². The Hall–Kier alpha value is -2.37. The Morgan fingerprint density at radius 1 is 1.04 bits per heavy atom. The zero-order valence-electron chi connectivity index (χ0n) is 15.7. The minimum Gasteiger partial charge on any atom is -0.459 e. The van der Waals surface area contributed by atoms with E-state index in [9.17, 15) is 14.4 Å². The van der Waals surface area contributed by atoms with Crippen molar-refractivity contribution in [2.75, 3.05) is 21.1 Å². The van der Waals surface area contributed by atoms with Gasteiger partial charge in [-0.25, -0.2) is 4.79 Å². The number of nitrogens with zero attached hydrogens (tertiary/aromatic N) is 2. The minimum absolute atomic E-state index is 0.0771. The molecule has 0 bridgehead atoms. The number of hydrogen-bond donors (Lipinski definition) is 0. The molecule has 6 heteroatoms. The van der Waals surface area contributed by atoms with Gasteiger partial charge >= 0.3 is 5.97 Å². The van der Waals surface area contributed by atoms with Crippen LogP contribution in [0.15, 0.2) is 30.3 Å². The van der Waals surface area contributed by atoms with Crippen LogP contribution < -0.4 is 0 Å². The van der Waals surface area contributed by atoms with E-state index in [0.29, 0.717) is 6.42 Å². The van der Waals surface area contributed by atoms with Crippen molar-refractivity contribution in [1.29, 1.82) is 0 Å². The van der Waals surface area contributed by atoms with Crippen molar-refractivity contribution in [3.8, 4) is 0 Å². The van der Waals surface area contributed by atoms with Crippen LogP contribution in [0.1, 0.15) is 32.3 Å². The van der Waals surface area contributed by atoms with Crippen LogP contribution in [0.5, 0.6) is 0 Å². The van der Waals surface area contributed by atoms with Crippen LogP contribution in [0.2, 0.25) is 0 Å². The van der Waals surface area contributed by atoms with E-state index in [1.165, 1.54) is 9.80 Å². The summed E-state index contributed by atoms with van der Waals surface area (Å²) in [5.74, 6) is -1.21. The lowest BCUT2D eigenvalue weighted by Gasteiger charge is -2.31. The predicted octanol–water partition coefficient (Wildman–Crippen LogP) is 2.08. The molecule has 0 aliphatic carbocycles. The number of rotatable bonds is 8. The van der Waals surface area contributed by atoms with Crippen molar-refractivity contribution in [2.45, 2.75) is 39.3 Å². The lowest BCUT2D eigenvalue weighted by molar-refractivity contribution is -0.158. The minimum atomic E-state index is -0.712. The van der Waals surface area contributed by atoms with Crippen molar-refractivity contribution in [3.63, 3.8) is 0 Å². The third-order valence-corrected chi connectivity index (χ3v) is 4.26. The maximum atomic E-state index is 12.6. The molecule has 0 heterocycles. The summed E-state index contributed by atoms with van der Waals surface area (Å²) in [4.78, 5) is 39.4. The Bertz CT molecular complexity index is 586. The second-order valence-electron chi connectivity index (χ2n) is 6.39. The molecule has 0 saturated heterocycles. The molecule has 0 aliphatic rings. The standard InChI is InChI=1S/C19H28N2O4/c1-6-14(2)18(21(5)17(23)12-16(22)20(3)4)19(24)25-13-15-10-8-7-9-11-15/h7-11,14,18H,6,12-13H2,1-5H3. The third kappa shape index (κ3) is 6.21. The summed E-state index contributed by atoms with van der Waals surface area (Å²) >= 11 is 0. The molecular formula is C19H28N2O4. The van der Waals surface area contributed by atoms with Crippen LogP contribution in [0, 0.1) is 5.92 Å². The van der Waals surface area contributed by atoms with E-state index in [1.807, 2.05) is 44.2 Å². The highest BCUT2D eigenvalue weighted by Gasteiger charge is 2.33. The molecule has 2 unspecified atom stereocenters. The van der Waals surface area contributed by atoms with Gasteiger partial charge in [0.2, 0.25) is 11.8 Å². The topological polar surface area (TPSA) is 66.9 Å². The average Bonchev–Trinajstić information content (AvgIpc) is 2.60. The van der Waals surface area contributed by atoms with Gasteiger partial charge in [0, 0.05) is 21.1 Å². The molecule has 0 fully saturated rings. The monoisotopic (exact) mass is 348 g/mol. The summed E-state index contributed by atoms with van der Waals surface area (Å²) in [5.41, 5.74) is 0.885. The summed E-state index contributed by atoms with van der Waals surface area (Å²) in [6, 6.07) is 8.67. The Kier molecular flexibility index (Phi) is 8.11. The van der Waals surface area contributed by atoms with E-state index in [4.69, 9.17) is 4.74 Å². The Labute approximate surface area is 149 Å². The molecule has 0 saturated carbocycles. The van der Waals surface area contributed by atoms with Crippen LogP contribution >= 0.6 is 0 Å². The molecule has 138 valence electrons. The van der Waals surface area contributed by atoms with Crippen molar-refractivity contribution >= 4 is 17.8 Å². The summed E-state index contributed by atoms with van der Waals surface area (Å²) in [7, 11) is 4.73. The first kappa shape index (κ1) is 20.7. The molecular weight excluding hydrogens is 320 g/mol. The quantitative estimate of drug-likeness (QED) is 0.533. The first-order valence-electron chi connectivity index (χ1n) is 8.44. The van der Waals surface area contributed by atoms with E-state index >= 15 is 0 Å². The van der Waals surface area contributed by atoms with Gasteiger partial charge in [-0.3, -0.25) is 9.59 Å². The molecule has 1 aromatic carbocycles. The number of carbonyl (C=O) groups is 3. The molecule has 2 amide bonds. The molecule has 0 aliphatic heterocycles. The number of esters is 1. The highest BCUT2D eigenvalue weighted by atomic mass is 16.5. The average molecular weight is 348 g/mol. The van der Waals surface area contributed by atoms with Gasteiger partial charge in [0.15, 0.2) is 0 Å². The molecule has 1 rings (SSSR count). The lowest BCUT2D eigenvalue weighted by atomic mass is 9.97.